The highest BCUT2D eigenvalue weighted by atomic mass is 79.9. The number of hydrogen-bond donors (Lipinski definition) is 0. The third kappa shape index (κ3) is 4.62. The van der Waals surface area contributed by atoms with Crippen LogP contribution in [0.5, 0.6) is 5.75 Å². The van der Waals surface area contributed by atoms with Crippen LogP contribution in [0.15, 0.2) is 86.3 Å². The molecule has 7 heteroatoms. The Kier molecular flexibility index (Phi) is 6.34. The van der Waals surface area contributed by atoms with E-state index in [1.807, 2.05) is 42.5 Å². The van der Waals surface area contributed by atoms with Gasteiger partial charge in [0.25, 0.3) is 5.91 Å². The molecule has 3 aromatic carbocycles. The molecule has 0 aliphatic carbocycles. The van der Waals surface area contributed by atoms with E-state index in [4.69, 9.17) is 4.74 Å². The Morgan fingerprint density at radius 2 is 1.77 bits per heavy atom. The number of halogens is 3. The molecule has 4 rings (SSSR count). The summed E-state index contributed by atoms with van der Waals surface area (Å²) in [4.78, 5) is 13.1. The van der Waals surface area contributed by atoms with Crippen LogP contribution in [0.1, 0.15) is 18.1 Å². The summed E-state index contributed by atoms with van der Waals surface area (Å²) >= 11 is 7.00. The van der Waals surface area contributed by atoms with Gasteiger partial charge in [0.05, 0.1) is 21.4 Å². The van der Waals surface area contributed by atoms with Crippen LogP contribution in [0.3, 0.4) is 0 Å². The van der Waals surface area contributed by atoms with Gasteiger partial charge in [-0.25, -0.2) is 4.39 Å². The van der Waals surface area contributed by atoms with Crippen molar-refractivity contribution in [3.05, 3.63) is 98.2 Å². The molecule has 3 aromatic rings. The maximum Gasteiger partial charge on any atom is 0.280 e. The fourth-order valence-corrected chi connectivity index (χ4v) is 4.56. The molecule has 4 nitrogen and oxygen atoms in total. The summed E-state index contributed by atoms with van der Waals surface area (Å²) in [5.41, 5.74) is 2.88. The molecule has 1 amide bonds. The number of carbonyl (C=O) groups excluding carboxylic acids is 1. The van der Waals surface area contributed by atoms with Gasteiger partial charge in [-0.1, -0.05) is 52.3 Å². The predicted molar refractivity (Wildman–Crippen MR) is 128 cm³/mol. The quantitative estimate of drug-likeness (QED) is 0.334. The van der Waals surface area contributed by atoms with Crippen molar-refractivity contribution in [1.82, 2.24) is 0 Å². The van der Waals surface area contributed by atoms with Crippen molar-refractivity contribution in [2.45, 2.75) is 13.5 Å². The van der Waals surface area contributed by atoms with E-state index in [1.165, 1.54) is 11.1 Å². The molecule has 0 N–H and O–H groups in total. The smallest absolute Gasteiger partial charge is 0.280 e. The molecule has 31 heavy (non-hydrogen) atoms. The third-order valence-corrected chi connectivity index (χ3v) is 5.78. The van der Waals surface area contributed by atoms with Crippen LogP contribution < -0.4 is 9.75 Å². The molecule has 0 saturated heterocycles. The summed E-state index contributed by atoms with van der Waals surface area (Å²) in [6, 6.07) is 19.4. The SMILES string of the molecule is CC1=NN(c2ccccc2)C(=O)/C1=C/c1cc(Br)cc(Br)c1OCc1ccccc1F. The zero-order valence-corrected chi connectivity index (χ0v) is 19.7. The average molecular weight is 544 g/mol. The van der Waals surface area contributed by atoms with E-state index >= 15 is 0 Å². The lowest BCUT2D eigenvalue weighted by atomic mass is 10.1. The lowest BCUT2D eigenvalue weighted by Gasteiger charge is -2.14. The van der Waals surface area contributed by atoms with Crippen molar-refractivity contribution in [1.29, 1.82) is 0 Å². The normalized spacial score (nSPS) is 14.8. The molecule has 0 radical (unpaired) electrons. The fourth-order valence-electron chi connectivity index (χ4n) is 3.19. The van der Waals surface area contributed by atoms with E-state index in [9.17, 15) is 9.18 Å². The highest BCUT2D eigenvalue weighted by Gasteiger charge is 2.29. The van der Waals surface area contributed by atoms with Gasteiger partial charge < -0.3 is 4.74 Å². The molecule has 1 aliphatic heterocycles. The summed E-state index contributed by atoms with van der Waals surface area (Å²) in [6.45, 7) is 1.85. The van der Waals surface area contributed by atoms with Crippen molar-refractivity contribution in [2.75, 3.05) is 5.01 Å². The average Bonchev–Trinajstić information content (AvgIpc) is 3.03. The second-order valence-electron chi connectivity index (χ2n) is 6.88. The summed E-state index contributed by atoms with van der Waals surface area (Å²) in [6.07, 6.45) is 1.75. The third-order valence-electron chi connectivity index (χ3n) is 4.73. The number of para-hydroxylation sites is 1. The van der Waals surface area contributed by atoms with Crippen LogP contribution in [-0.2, 0) is 11.4 Å². The van der Waals surface area contributed by atoms with Crippen molar-refractivity contribution in [3.8, 4) is 5.75 Å². The monoisotopic (exact) mass is 542 g/mol. The van der Waals surface area contributed by atoms with Crippen molar-refractivity contribution < 1.29 is 13.9 Å². The molecule has 0 aromatic heterocycles. The minimum absolute atomic E-state index is 0.0558. The molecule has 0 unspecified atom stereocenters. The number of rotatable bonds is 5. The predicted octanol–water partition coefficient (Wildman–Crippen LogP) is 6.74. The lowest BCUT2D eigenvalue weighted by molar-refractivity contribution is -0.114. The first-order valence-electron chi connectivity index (χ1n) is 9.46. The van der Waals surface area contributed by atoms with E-state index in [0.29, 0.717) is 38.3 Å². The van der Waals surface area contributed by atoms with Crippen LogP contribution in [0.4, 0.5) is 10.1 Å². The maximum atomic E-state index is 14.0. The molecule has 156 valence electrons. The Balaban J connectivity index is 1.68. The topological polar surface area (TPSA) is 41.9 Å². The molecule has 1 aliphatic rings. The lowest BCUT2D eigenvalue weighted by Crippen LogP contribution is -2.21. The van der Waals surface area contributed by atoms with Gasteiger partial charge in [-0.05, 0) is 59.3 Å². The number of hydrogen-bond acceptors (Lipinski definition) is 3. The second kappa shape index (κ2) is 9.16. The second-order valence-corrected chi connectivity index (χ2v) is 8.65. The van der Waals surface area contributed by atoms with Gasteiger partial charge in [-0.2, -0.15) is 10.1 Å². The molecule has 0 saturated carbocycles. The zero-order chi connectivity index (χ0) is 22.0. The summed E-state index contributed by atoms with van der Waals surface area (Å²) in [7, 11) is 0. The first kappa shape index (κ1) is 21.5. The molecule has 0 spiro atoms. The molecular weight excluding hydrogens is 527 g/mol. The van der Waals surface area contributed by atoms with E-state index in [0.717, 1.165) is 4.47 Å². The van der Waals surface area contributed by atoms with E-state index in [2.05, 4.69) is 37.0 Å². The Morgan fingerprint density at radius 3 is 2.52 bits per heavy atom. The van der Waals surface area contributed by atoms with Gasteiger partial charge in [0.1, 0.15) is 18.2 Å². The fraction of sp³-hybridized carbons (Fsp3) is 0.0833. The van der Waals surface area contributed by atoms with Gasteiger partial charge >= 0.3 is 0 Å². The number of anilines is 1. The van der Waals surface area contributed by atoms with Gasteiger partial charge in [0.15, 0.2) is 0 Å². The van der Waals surface area contributed by atoms with Crippen LogP contribution in [-0.4, -0.2) is 11.6 Å². The van der Waals surface area contributed by atoms with Crippen LogP contribution in [0.25, 0.3) is 6.08 Å². The van der Waals surface area contributed by atoms with Crippen molar-refractivity contribution in [2.24, 2.45) is 5.10 Å². The maximum absolute atomic E-state index is 14.0. The number of carbonyl (C=O) groups is 1. The Hall–Kier alpha value is -2.77. The minimum Gasteiger partial charge on any atom is -0.487 e. The molecule has 1 heterocycles. The number of benzene rings is 3. The Bertz CT molecular complexity index is 1210. The van der Waals surface area contributed by atoms with E-state index in [1.54, 1.807) is 31.2 Å². The number of ether oxygens (including phenoxy) is 1. The molecule has 0 fully saturated rings. The Labute approximate surface area is 196 Å². The highest BCUT2D eigenvalue weighted by Crippen LogP contribution is 2.36. The van der Waals surface area contributed by atoms with Gasteiger partial charge in [0.2, 0.25) is 0 Å². The largest absolute Gasteiger partial charge is 0.487 e. The van der Waals surface area contributed by atoms with Crippen LogP contribution >= 0.6 is 31.9 Å². The van der Waals surface area contributed by atoms with Crippen LogP contribution in [0.2, 0.25) is 0 Å². The molecular formula is C24H17Br2FN2O2. The first-order valence-corrected chi connectivity index (χ1v) is 11.0. The summed E-state index contributed by atoms with van der Waals surface area (Å²) in [5, 5.41) is 5.80. The summed E-state index contributed by atoms with van der Waals surface area (Å²) < 4.78 is 21.5. The van der Waals surface area contributed by atoms with Crippen LogP contribution in [0, 0.1) is 5.82 Å². The van der Waals surface area contributed by atoms with E-state index < -0.39 is 0 Å². The van der Waals surface area contributed by atoms with Gasteiger partial charge in [0, 0.05) is 15.6 Å². The number of nitrogens with zero attached hydrogens (tertiary/aromatic N) is 2. The van der Waals surface area contributed by atoms with Crippen molar-refractivity contribution in [3.63, 3.8) is 0 Å². The number of amides is 1. The minimum atomic E-state index is -0.330. The van der Waals surface area contributed by atoms with Crippen molar-refractivity contribution >= 4 is 55.2 Å². The standard InChI is InChI=1S/C24H17Br2FN2O2/c1-15-20(24(30)29(28-15)19-8-3-2-4-9-19)12-17-11-18(25)13-21(26)23(17)31-14-16-7-5-6-10-22(16)27/h2-13H,14H2,1H3/b20-12+. The molecule has 0 atom stereocenters. The summed E-state index contributed by atoms with van der Waals surface area (Å²) in [5.74, 6) is -0.0411. The Morgan fingerprint density at radius 1 is 1.06 bits per heavy atom. The van der Waals surface area contributed by atoms with Gasteiger partial charge in [-0.15, -0.1) is 0 Å². The molecule has 0 bridgehead atoms. The van der Waals surface area contributed by atoms with Gasteiger partial charge in [-0.3, -0.25) is 4.79 Å². The highest BCUT2D eigenvalue weighted by molar-refractivity contribution is 9.11. The first-order chi connectivity index (χ1) is 14.9. The van der Waals surface area contributed by atoms with E-state index in [-0.39, 0.29) is 18.3 Å². The number of hydrazone groups is 1. The zero-order valence-electron chi connectivity index (χ0n) is 16.5.